The standard InChI is InChI=1S/CH5N.Br.Pb/c1-2;;/h2H2,1H3;;/q;+1;+2/p+1. The van der Waals surface area contributed by atoms with Crippen molar-refractivity contribution in [1.29, 1.82) is 0 Å². The number of quaternary nitrogens is 1. The first-order chi connectivity index (χ1) is 1.00. The van der Waals surface area contributed by atoms with E-state index in [1.165, 1.54) is 0 Å². The molecule has 1 nitrogen and oxygen atoms in total. The molecule has 0 bridgehead atoms. The molecule has 0 spiro atoms. The molecule has 0 aromatic heterocycles. The van der Waals surface area contributed by atoms with Crippen molar-refractivity contribution in [2.24, 2.45) is 0 Å². The number of halogens is 1. The molecule has 0 unspecified atom stereocenters. The second-order valence-corrected chi connectivity index (χ2v) is 0. The zero-order valence-electron chi connectivity index (χ0n) is 2.59. The Morgan fingerprint density at radius 2 is 1.25 bits per heavy atom. The zero-order valence-corrected chi connectivity index (χ0v) is 8.06. The van der Waals surface area contributed by atoms with Crippen molar-refractivity contribution in [3.63, 3.8) is 0 Å². The Kier molecular flexibility index (Phi) is 122. The van der Waals surface area contributed by atoms with Crippen molar-refractivity contribution in [2.75, 3.05) is 7.05 Å². The molecule has 3 heteroatoms. The summed E-state index contributed by atoms with van der Waals surface area (Å²) in [6.45, 7) is 0. The topological polar surface area (TPSA) is 27.6 Å². The second kappa shape index (κ2) is 26.6. The molecule has 0 aliphatic carbocycles. The fraction of sp³-hybridized carbons (Fsp3) is 1.00. The Balaban J connectivity index is -0.00000000500. The van der Waals surface area contributed by atoms with E-state index in [9.17, 15) is 0 Å². The van der Waals surface area contributed by atoms with E-state index in [1.807, 2.05) is 0 Å². The van der Waals surface area contributed by atoms with Crippen molar-refractivity contribution in [1.82, 2.24) is 0 Å². The van der Waals surface area contributed by atoms with E-state index in [1.54, 1.807) is 7.05 Å². The average molecular weight is 319 g/mol. The van der Waals surface area contributed by atoms with E-state index in [0.29, 0.717) is 0 Å². The van der Waals surface area contributed by atoms with Crippen LogP contribution in [0.25, 0.3) is 0 Å². The Bertz CT molecular complexity index is 8.00. The van der Waals surface area contributed by atoms with Gasteiger partial charge in [0.05, 0.1) is 7.05 Å². The van der Waals surface area contributed by atoms with E-state index in [-0.39, 0.29) is 44.3 Å². The van der Waals surface area contributed by atoms with Crippen molar-refractivity contribution in [3.8, 4) is 0 Å². The summed E-state index contributed by atoms with van der Waals surface area (Å²) in [7, 11) is 1.75. The molecule has 4 radical (unpaired) electrons. The predicted molar refractivity (Wildman–Crippen MR) is 14.6 cm³/mol. The van der Waals surface area contributed by atoms with Gasteiger partial charge in [-0.3, -0.25) is 0 Å². The molecule has 0 atom stereocenters. The van der Waals surface area contributed by atoms with E-state index < -0.39 is 0 Å². The summed E-state index contributed by atoms with van der Waals surface area (Å²) in [4.78, 5) is 0. The third-order valence-electron chi connectivity index (χ3n) is 0. The molecule has 22 valence electrons. The fourth-order valence-electron chi connectivity index (χ4n) is 0. The van der Waals surface area contributed by atoms with Gasteiger partial charge in [-0.2, -0.15) is 0 Å². The van der Waals surface area contributed by atoms with Gasteiger partial charge in [0.1, 0.15) is 0 Å². The van der Waals surface area contributed by atoms with Crippen LogP contribution >= 0.6 is 0 Å². The maximum Gasteiger partial charge on any atom is 2.00 e. The molecule has 0 rings (SSSR count). The molecule has 0 saturated heterocycles. The molecular formula is CH6BrNPb+4. The predicted octanol–water partition coefficient (Wildman–Crippen LogP) is -1.52. The minimum atomic E-state index is 0. The third-order valence-corrected chi connectivity index (χ3v) is 0. The van der Waals surface area contributed by atoms with Crippen LogP contribution in [0.3, 0.4) is 0 Å². The molecule has 0 aliphatic heterocycles. The van der Waals surface area contributed by atoms with E-state index in [2.05, 4.69) is 5.73 Å². The van der Waals surface area contributed by atoms with Crippen LogP contribution < -0.4 is 5.73 Å². The van der Waals surface area contributed by atoms with Gasteiger partial charge < -0.3 is 5.73 Å². The minimum Gasteiger partial charge on any atom is -0.360 e. The summed E-state index contributed by atoms with van der Waals surface area (Å²) in [5.74, 6) is 0. The SMILES string of the molecule is C[NH3+].[Br+].[Pb+2]. The summed E-state index contributed by atoms with van der Waals surface area (Å²) in [6, 6.07) is 0. The quantitative estimate of drug-likeness (QED) is 0.525. The van der Waals surface area contributed by atoms with Gasteiger partial charge >= 0.3 is 44.3 Å². The Morgan fingerprint density at radius 3 is 1.25 bits per heavy atom. The van der Waals surface area contributed by atoms with Crippen LogP contribution in [-0.2, 0) is 0 Å². The smallest absolute Gasteiger partial charge is 0.360 e. The molecule has 4 heavy (non-hydrogen) atoms. The molecular weight excluding hydrogens is 313 g/mol. The van der Waals surface area contributed by atoms with Gasteiger partial charge in [0.15, 0.2) is 0 Å². The van der Waals surface area contributed by atoms with Crippen molar-refractivity contribution >= 4 is 27.3 Å². The average Bonchev–Trinajstić information content (AvgIpc) is 1.00. The molecule has 0 aromatic rings. The first kappa shape index (κ1) is 18.3. The number of hydrogen-bond donors (Lipinski definition) is 1. The monoisotopic (exact) mass is 319 g/mol. The van der Waals surface area contributed by atoms with E-state index >= 15 is 0 Å². The normalized spacial score (nSPS) is 1.50. The molecule has 0 aromatic carbocycles. The zero-order chi connectivity index (χ0) is 2.00. The summed E-state index contributed by atoms with van der Waals surface area (Å²) in [5.41, 5.74) is 3.25. The van der Waals surface area contributed by atoms with Crippen molar-refractivity contribution in [2.45, 2.75) is 0 Å². The van der Waals surface area contributed by atoms with E-state index in [0.717, 1.165) is 0 Å². The van der Waals surface area contributed by atoms with Gasteiger partial charge in [0.2, 0.25) is 0 Å². The first-order valence-corrected chi connectivity index (χ1v) is 0.707. The fourth-order valence-corrected chi connectivity index (χ4v) is 0. The van der Waals surface area contributed by atoms with Crippen LogP contribution in [0.4, 0.5) is 0 Å². The van der Waals surface area contributed by atoms with E-state index in [4.69, 9.17) is 0 Å². The van der Waals surface area contributed by atoms with Crippen LogP contribution in [0.1, 0.15) is 0 Å². The molecule has 0 saturated carbocycles. The Morgan fingerprint density at radius 1 is 1.25 bits per heavy atom. The van der Waals surface area contributed by atoms with Crippen LogP contribution in [0.5, 0.6) is 0 Å². The van der Waals surface area contributed by atoms with Crippen LogP contribution in [0.15, 0.2) is 0 Å². The summed E-state index contributed by atoms with van der Waals surface area (Å²) in [6.07, 6.45) is 0. The Hall–Kier alpha value is 1.36. The largest absolute Gasteiger partial charge is 2.00 e. The van der Waals surface area contributed by atoms with Crippen LogP contribution in [0, 0.1) is 17.0 Å². The molecule has 0 heterocycles. The van der Waals surface area contributed by atoms with Crippen molar-refractivity contribution < 1.29 is 22.7 Å². The van der Waals surface area contributed by atoms with Gasteiger partial charge in [0, 0.05) is 0 Å². The molecule has 0 amide bonds. The van der Waals surface area contributed by atoms with Gasteiger partial charge in [-0.25, -0.2) is 0 Å². The minimum absolute atomic E-state index is 0. The van der Waals surface area contributed by atoms with Crippen LogP contribution in [-0.4, -0.2) is 34.3 Å². The maximum absolute atomic E-state index is 3.25. The second-order valence-electron chi connectivity index (χ2n) is 0. The van der Waals surface area contributed by atoms with Gasteiger partial charge in [0.25, 0.3) is 0 Å². The van der Waals surface area contributed by atoms with Crippen LogP contribution in [0.2, 0.25) is 0 Å². The third kappa shape index (κ3) is 10.1. The van der Waals surface area contributed by atoms with Gasteiger partial charge in [-0.1, -0.05) is 0 Å². The Labute approximate surface area is 56.9 Å². The van der Waals surface area contributed by atoms with Gasteiger partial charge in [-0.15, -0.1) is 0 Å². The molecule has 0 fully saturated rings. The summed E-state index contributed by atoms with van der Waals surface area (Å²) >= 11 is 0. The first-order valence-electron chi connectivity index (χ1n) is 0.707. The molecule has 0 aliphatic rings. The number of hydrogen-bond acceptors (Lipinski definition) is 0. The molecule has 3 N–H and O–H groups in total. The summed E-state index contributed by atoms with van der Waals surface area (Å²) in [5, 5.41) is 0. The maximum atomic E-state index is 3.25. The van der Waals surface area contributed by atoms with Crippen molar-refractivity contribution in [3.05, 3.63) is 0 Å². The summed E-state index contributed by atoms with van der Waals surface area (Å²) < 4.78 is 0. The van der Waals surface area contributed by atoms with Gasteiger partial charge in [-0.05, 0) is 0 Å². The number of rotatable bonds is 0.